The molecule has 2 rings (SSSR count). The summed E-state index contributed by atoms with van der Waals surface area (Å²) in [6, 6.07) is 7.53. The van der Waals surface area contributed by atoms with Gasteiger partial charge >= 0.3 is 0 Å². The van der Waals surface area contributed by atoms with Gasteiger partial charge < -0.3 is 10.6 Å². The van der Waals surface area contributed by atoms with Crippen LogP contribution in [0.25, 0.3) is 10.9 Å². The molecule has 0 atom stereocenters. The van der Waals surface area contributed by atoms with E-state index in [-0.39, 0.29) is 12.5 Å². The molecule has 0 saturated carbocycles. The van der Waals surface area contributed by atoms with E-state index >= 15 is 0 Å². The Labute approximate surface area is 123 Å². The van der Waals surface area contributed by atoms with Crippen molar-refractivity contribution in [2.75, 3.05) is 23.8 Å². The maximum atomic E-state index is 11.8. The first-order valence-electron chi connectivity index (χ1n) is 6.84. The quantitative estimate of drug-likeness (QED) is 0.468. The Kier molecular flexibility index (Phi) is 4.89. The minimum Gasteiger partial charge on any atom is -0.360 e. The van der Waals surface area contributed by atoms with Crippen molar-refractivity contribution >= 4 is 28.6 Å². The van der Waals surface area contributed by atoms with Crippen molar-refractivity contribution in [3.8, 4) is 0 Å². The fourth-order valence-corrected chi connectivity index (χ4v) is 1.82. The molecule has 7 heteroatoms. The number of nitrogens with zero attached hydrogens (tertiary/aromatic N) is 2. The molecule has 1 aromatic carbocycles. The number of benzene rings is 1. The maximum Gasteiger partial charge on any atom is 0.239 e. The third-order valence-corrected chi connectivity index (χ3v) is 2.86. The van der Waals surface area contributed by atoms with E-state index < -0.39 is 0 Å². The maximum absolute atomic E-state index is 11.8. The molecule has 0 radical (unpaired) electrons. The smallest absolute Gasteiger partial charge is 0.239 e. The first kappa shape index (κ1) is 15.0. The van der Waals surface area contributed by atoms with Gasteiger partial charge in [-0.15, -0.1) is 0 Å². The van der Waals surface area contributed by atoms with Crippen molar-refractivity contribution in [3.63, 3.8) is 0 Å². The summed E-state index contributed by atoms with van der Waals surface area (Å²) in [5, 5.41) is 6.71. The molecular formula is C14H20N6O. The lowest BCUT2D eigenvalue weighted by molar-refractivity contribution is -0.119. The van der Waals surface area contributed by atoms with Crippen molar-refractivity contribution in [1.82, 2.24) is 15.3 Å². The number of carbonyl (C=O) groups excluding carboxylic acids is 1. The lowest BCUT2D eigenvalue weighted by Crippen LogP contribution is -2.32. The summed E-state index contributed by atoms with van der Waals surface area (Å²) in [6.07, 6.45) is 0. The van der Waals surface area contributed by atoms with E-state index in [2.05, 4.69) is 26.0 Å². The molecule has 0 aliphatic heterocycles. The zero-order chi connectivity index (χ0) is 15.2. The van der Waals surface area contributed by atoms with Gasteiger partial charge in [-0.05, 0) is 18.1 Å². The van der Waals surface area contributed by atoms with Crippen LogP contribution < -0.4 is 21.9 Å². The number of nitrogens with one attached hydrogen (secondary N) is 3. The van der Waals surface area contributed by atoms with Crippen LogP contribution in [0.15, 0.2) is 24.3 Å². The summed E-state index contributed by atoms with van der Waals surface area (Å²) in [7, 11) is 0. The number of hydrogen-bond donors (Lipinski definition) is 4. The highest BCUT2D eigenvalue weighted by molar-refractivity contribution is 5.91. The third-order valence-electron chi connectivity index (χ3n) is 2.86. The summed E-state index contributed by atoms with van der Waals surface area (Å²) < 4.78 is 0. The molecule has 0 spiro atoms. The van der Waals surface area contributed by atoms with E-state index in [0.29, 0.717) is 24.2 Å². The van der Waals surface area contributed by atoms with Gasteiger partial charge in [-0.2, -0.15) is 4.98 Å². The number of fused-ring (bicyclic) bond motifs is 1. The Morgan fingerprint density at radius 3 is 2.76 bits per heavy atom. The number of hydrazine groups is 1. The van der Waals surface area contributed by atoms with Gasteiger partial charge in [0.2, 0.25) is 11.9 Å². The Balaban J connectivity index is 2.12. The SMILES string of the molecule is CC(C)CNC(=O)CNc1nc(NN)nc2ccccc12. The monoisotopic (exact) mass is 288 g/mol. The molecule has 0 bridgehead atoms. The molecule has 2 aromatic rings. The van der Waals surface area contributed by atoms with Gasteiger partial charge in [0.25, 0.3) is 0 Å². The molecule has 0 saturated heterocycles. The van der Waals surface area contributed by atoms with Crippen LogP contribution in [-0.4, -0.2) is 29.0 Å². The van der Waals surface area contributed by atoms with Crippen LogP contribution in [0.3, 0.4) is 0 Å². The summed E-state index contributed by atoms with van der Waals surface area (Å²) >= 11 is 0. The fourth-order valence-electron chi connectivity index (χ4n) is 1.82. The van der Waals surface area contributed by atoms with Crippen molar-refractivity contribution in [2.24, 2.45) is 11.8 Å². The molecule has 0 fully saturated rings. The molecule has 0 aliphatic rings. The normalized spacial score (nSPS) is 10.7. The average molecular weight is 288 g/mol. The molecule has 1 aromatic heterocycles. The highest BCUT2D eigenvalue weighted by Crippen LogP contribution is 2.21. The highest BCUT2D eigenvalue weighted by atomic mass is 16.1. The second-order valence-electron chi connectivity index (χ2n) is 5.11. The van der Waals surface area contributed by atoms with Gasteiger partial charge in [0.05, 0.1) is 12.1 Å². The van der Waals surface area contributed by atoms with Crippen LogP contribution in [0.5, 0.6) is 0 Å². The summed E-state index contributed by atoms with van der Waals surface area (Å²) in [6.45, 7) is 4.90. The average Bonchev–Trinajstić information content (AvgIpc) is 2.50. The number of carbonyl (C=O) groups is 1. The van der Waals surface area contributed by atoms with E-state index in [1.807, 2.05) is 38.1 Å². The topological polar surface area (TPSA) is 105 Å². The molecule has 1 heterocycles. The van der Waals surface area contributed by atoms with Crippen molar-refractivity contribution in [1.29, 1.82) is 0 Å². The van der Waals surface area contributed by atoms with Crippen LogP contribution in [0.2, 0.25) is 0 Å². The number of hydrogen-bond acceptors (Lipinski definition) is 6. The van der Waals surface area contributed by atoms with E-state index in [1.54, 1.807) is 0 Å². The number of nitrogen functional groups attached to an aromatic ring is 1. The molecule has 112 valence electrons. The molecule has 0 aliphatic carbocycles. The van der Waals surface area contributed by atoms with Gasteiger partial charge in [0, 0.05) is 11.9 Å². The van der Waals surface area contributed by atoms with E-state index in [9.17, 15) is 4.79 Å². The van der Waals surface area contributed by atoms with Gasteiger partial charge in [-0.25, -0.2) is 10.8 Å². The molecule has 7 nitrogen and oxygen atoms in total. The summed E-state index contributed by atoms with van der Waals surface area (Å²) in [4.78, 5) is 20.3. The van der Waals surface area contributed by atoms with Gasteiger partial charge in [-0.1, -0.05) is 26.0 Å². The number of nitrogens with two attached hydrogens (primary N) is 1. The number of aromatic nitrogens is 2. The van der Waals surface area contributed by atoms with Crippen LogP contribution in [-0.2, 0) is 4.79 Å². The Morgan fingerprint density at radius 2 is 2.05 bits per heavy atom. The number of anilines is 2. The van der Waals surface area contributed by atoms with Crippen molar-refractivity contribution in [2.45, 2.75) is 13.8 Å². The Bertz CT molecular complexity index is 628. The minimum absolute atomic E-state index is 0.0753. The predicted octanol–water partition coefficient (Wildman–Crippen LogP) is 1.10. The van der Waals surface area contributed by atoms with Crippen LogP contribution in [0.1, 0.15) is 13.8 Å². The first-order valence-corrected chi connectivity index (χ1v) is 6.84. The first-order chi connectivity index (χ1) is 10.1. The van der Waals surface area contributed by atoms with Crippen LogP contribution >= 0.6 is 0 Å². The number of para-hydroxylation sites is 1. The van der Waals surface area contributed by atoms with Crippen molar-refractivity contribution < 1.29 is 4.79 Å². The number of rotatable bonds is 6. The lowest BCUT2D eigenvalue weighted by atomic mass is 10.2. The number of amides is 1. The molecule has 21 heavy (non-hydrogen) atoms. The zero-order valence-corrected chi connectivity index (χ0v) is 12.2. The molecule has 0 unspecified atom stereocenters. The second-order valence-corrected chi connectivity index (χ2v) is 5.11. The zero-order valence-electron chi connectivity index (χ0n) is 12.2. The summed E-state index contributed by atoms with van der Waals surface area (Å²) in [5.41, 5.74) is 3.18. The van der Waals surface area contributed by atoms with Gasteiger partial charge in [0.1, 0.15) is 5.82 Å². The van der Waals surface area contributed by atoms with Gasteiger partial charge in [0.15, 0.2) is 0 Å². The Morgan fingerprint density at radius 1 is 1.29 bits per heavy atom. The van der Waals surface area contributed by atoms with E-state index in [4.69, 9.17) is 5.84 Å². The largest absolute Gasteiger partial charge is 0.360 e. The van der Waals surface area contributed by atoms with Gasteiger partial charge in [-0.3, -0.25) is 10.2 Å². The predicted molar refractivity (Wildman–Crippen MR) is 83.7 cm³/mol. The minimum atomic E-state index is -0.0753. The Hall–Kier alpha value is -2.41. The molecule has 5 N–H and O–H groups in total. The second kappa shape index (κ2) is 6.85. The van der Waals surface area contributed by atoms with Crippen molar-refractivity contribution in [3.05, 3.63) is 24.3 Å². The lowest BCUT2D eigenvalue weighted by Gasteiger charge is -2.11. The molecular weight excluding hydrogens is 268 g/mol. The highest BCUT2D eigenvalue weighted by Gasteiger charge is 2.08. The van der Waals surface area contributed by atoms with Crippen LogP contribution in [0.4, 0.5) is 11.8 Å². The molecule has 1 amide bonds. The standard InChI is InChI=1S/C14H20N6O/c1-9(2)7-16-12(21)8-17-13-10-5-3-4-6-11(10)18-14(19-13)20-15/h3-6,9H,7-8,15H2,1-2H3,(H,16,21)(H2,17,18,19,20). The van der Waals surface area contributed by atoms with E-state index in [1.165, 1.54) is 0 Å². The fraction of sp³-hybridized carbons (Fsp3) is 0.357. The van der Waals surface area contributed by atoms with Crippen LogP contribution in [0, 0.1) is 5.92 Å². The summed E-state index contributed by atoms with van der Waals surface area (Å²) in [5.74, 6) is 6.59. The third kappa shape index (κ3) is 4.03. The van der Waals surface area contributed by atoms with E-state index in [0.717, 1.165) is 10.9 Å².